The van der Waals surface area contributed by atoms with Gasteiger partial charge in [0.25, 0.3) is 0 Å². The van der Waals surface area contributed by atoms with Crippen LogP contribution in [0.1, 0.15) is 62.0 Å². The van der Waals surface area contributed by atoms with Crippen LogP contribution in [0.4, 0.5) is 0 Å². The van der Waals surface area contributed by atoms with Crippen molar-refractivity contribution in [3.05, 3.63) is 94.3 Å². The molecule has 1 aliphatic rings. The second-order valence-corrected chi connectivity index (χ2v) is 10.4. The summed E-state index contributed by atoms with van der Waals surface area (Å²) in [6.07, 6.45) is 4.87. The van der Waals surface area contributed by atoms with Crippen LogP contribution in [0.25, 0.3) is 21.8 Å². The minimum Gasteiger partial charge on any atom is -0.358 e. The number of Topliss-reactive ketones (excluding diaryl/α,β-unsaturated/α-hetero) is 4. The molecular formula is C32H30N2O4. The normalized spacial score (nSPS) is 17.9. The number of allylic oxidation sites excluding steroid dienone is 4. The molecular weight excluding hydrogens is 476 g/mol. The van der Waals surface area contributed by atoms with Crippen molar-refractivity contribution in [3.63, 3.8) is 0 Å². The zero-order valence-electron chi connectivity index (χ0n) is 22.0. The smallest absolute Gasteiger partial charge is 0.214 e. The molecule has 0 amide bonds. The van der Waals surface area contributed by atoms with Gasteiger partial charge >= 0.3 is 0 Å². The Labute approximate surface area is 220 Å². The average Bonchev–Trinajstić information content (AvgIpc) is 3.44. The first-order valence-electron chi connectivity index (χ1n) is 12.8. The lowest BCUT2D eigenvalue weighted by Gasteiger charge is -2.25. The van der Waals surface area contributed by atoms with Crippen molar-refractivity contribution in [2.75, 3.05) is 0 Å². The van der Waals surface area contributed by atoms with Crippen LogP contribution in [0.2, 0.25) is 0 Å². The highest BCUT2D eigenvalue weighted by Crippen LogP contribution is 2.40. The van der Waals surface area contributed by atoms with Crippen LogP contribution in [0.15, 0.2) is 71.8 Å². The van der Waals surface area contributed by atoms with Gasteiger partial charge in [-0.2, -0.15) is 0 Å². The van der Waals surface area contributed by atoms with Crippen molar-refractivity contribution < 1.29 is 19.2 Å². The number of rotatable bonds is 6. The molecule has 0 atom stereocenters. The molecule has 2 aromatic heterocycles. The maximum absolute atomic E-state index is 13.8. The number of aromatic nitrogens is 2. The largest absolute Gasteiger partial charge is 0.358 e. The van der Waals surface area contributed by atoms with Crippen LogP contribution in [-0.4, -0.2) is 33.1 Å². The molecule has 2 heterocycles. The fourth-order valence-electron chi connectivity index (χ4n) is 5.36. The zero-order chi connectivity index (χ0) is 27.1. The minimum atomic E-state index is -1.45. The summed E-state index contributed by atoms with van der Waals surface area (Å²) >= 11 is 0. The predicted molar refractivity (Wildman–Crippen MR) is 148 cm³/mol. The Hall–Kier alpha value is -4.32. The molecule has 1 saturated carbocycles. The highest BCUT2D eigenvalue weighted by molar-refractivity contribution is 6.64. The van der Waals surface area contributed by atoms with Crippen LogP contribution in [0, 0.1) is 0 Å². The summed E-state index contributed by atoms with van der Waals surface area (Å²) in [6.45, 7) is 7.85. The molecule has 1 fully saturated rings. The molecule has 6 nitrogen and oxygen atoms in total. The molecule has 5 rings (SSSR count). The van der Waals surface area contributed by atoms with Crippen LogP contribution in [0.5, 0.6) is 0 Å². The Morgan fingerprint density at radius 3 is 1.29 bits per heavy atom. The van der Waals surface area contributed by atoms with E-state index in [9.17, 15) is 19.2 Å². The van der Waals surface area contributed by atoms with E-state index in [0.29, 0.717) is 46.1 Å². The number of aromatic amines is 2. The number of hydrogen-bond acceptors (Lipinski definition) is 4. The van der Waals surface area contributed by atoms with Crippen LogP contribution in [0.3, 0.4) is 0 Å². The Morgan fingerprint density at radius 1 is 0.605 bits per heavy atom. The third kappa shape index (κ3) is 4.26. The standard InChI is InChI=1S/C32H30N2O4/c1-17(2)13-15-23-25(19-9-5-7-11-21(19)33-23)27-29(35)31(37)28(32(38)30(27)36)26-20-10-6-8-12-22(20)34-24(26)16-14-18(3)4/h5-14,27-28,33-34H,15-16H2,1-4H3. The summed E-state index contributed by atoms with van der Waals surface area (Å²) in [5.74, 6) is -6.23. The lowest BCUT2D eigenvalue weighted by Crippen LogP contribution is -2.46. The Balaban J connectivity index is 1.64. The first-order valence-corrected chi connectivity index (χ1v) is 12.8. The quantitative estimate of drug-likeness (QED) is 0.195. The topological polar surface area (TPSA) is 99.9 Å². The van der Waals surface area contributed by atoms with Crippen molar-refractivity contribution >= 4 is 44.9 Å². The number of fused-ring (bicyclic) bond motifs is 2. The minimum absolute atomic E-state index is 0.428. The van der Waals surface area contributed by atoms with Gasteiger partial charge < -0.3 is 9.97 Å². The summed E-state index contributed by atoms with van der Waals surface area (Å²) in [5, 5.41) is 1.35. The molecule has 2 N–H and O–H groups in total. The molecule has 38 heavy (non-hydrogen) atoms. The second-order valence-electron chi connectivity index (χ2n) is 10.4. The molecule has 6 heteroatoms. The van der Waals surface area contributed by atoms with Gasteiger partial charge in [-0.25, -0.2) is 0 Å². The Morgan fingerprint density at radius 2 is 0.947 bits per heavy atom. The first kappa shape index (κ1) is 25.3. The highest BCUT2D eigenvalue weighted by atomic mass is 16.2. The lowest BCUT2D eigenvalue weighted by atomic mass is 9.71. The maximum atomic E-state index is 13.8. The third-order valence-corrected chi connectivity index (χ3v) is 7.20. The molecule has 0 radical (unpaired) electrons. The van der Waals surface area contributed by atoms with Gasteiger partial charge in [0, 0.05) is 46.0 Å². The molecule has 192 valence electrons. The predicted octanol–water partition coefficient (Wildman–Crippen LogP) is 5.82. The van der Waals surface area contributed by atoms with E-state index in [4.69, 9.17) is 0 Å². The van der Waals surface area contributed by atoms with Gasteiger partial charge in [0.2, 0.25) is 23.1 Å². The van der Waals surface area contributed by atoms with E-state index in [2.05, 4.69) is 9.97 Å². The van der Waals surface area contributed by atoms with Crippen molar-refractivity contribution in [2.45, 2.75) is 52.4 Å². The van der Waals surface area contributed by atoms with E-state index in [1.165, 1.54) is 0 Å². The number of carbonyl (C=O) groups is 4. The number of carbonyl (C=O) groups excluding carboxylic acids is 4. The number of hydrogen-bond donors (Lipinski definition) is 2. The average molecular weight is 507 g/mol. The number of para-hydroxylation sites is 2. The molecule has 0 aliphatic heterocycles. The van der Waals surface area contributed by atoms with Crippen molar-refractivity contribution in [2.24, 2.45) is 0 Å². The summed E-state index contributed by atoms with van der Waals surface area (Å²) in [5.41, 5.74) is 5.83. The maximum Gasteiger partial charge on any atom is 0.214 e. The highest BCUT2D eigenvalue weighted by Gasteiger charge is 2.52. The SMILES string of the molecule is CC(C)=CCc1[nH]c2ccccc2c1C1C(=O)C(=O)C(c2c(CC=C(C)C)[nH]c3ccccc23)C(=O)C1=O. The summed E-state index contributed by atoms with van der Waals surface area (Å²) < 4.78 is 0. The van der Waals surface area contributed by atoms with Crippen LogP contribution < -0.4 is 0 Å². The zero-order valence-corrected chi connectivity index (χ0v) is 22.0. The first-order chi connectivity index (χ1) is 18.2. The fraction of sp³-hybridized carbons (Fsp3) is 0.250. The van der Waals surface area contributed by atoms with Gasteiger partial charge in [-0.1, -0.05) is 59.7 Å². The van der Waals surface area contributed by atoms with E-state index < -0.39 is 35.0 Å². The monoisotopic (exact) mass is 506 g/mol. The van der Waals surface area contributed by atoms with Gasteiger partial charge in [0.15, 0.2) is 0 Å². The molecule has 2 aromatic carbocycles. The van der Waals surface area contributed by atoms with E-state index in [1.807, 2.05) is 88.4 Å². The van der Waals surface area contributed by atoms with E-state index >= 15 is 0 Å². The van der Waals surface area contributed by atoms with Gasteiger partial charge in [-0.3, -0.25) is 19.2 Å². The number of nitrogens with one attached hydrogen (secondary N) is 2. The lowest BCUT2D eigenvalue weighted by molar-refractivity contribution is -0.150. The van der Waals surface area contributed by atoms with Crippen LogP contribution in [-0.2, 0) is 32.0 Å². The molecule has 0 bridgehead atoms. The van der Waals surface area contributed by atoms with Gasteiger partial charge in [-0.05, 0) is 51.0 Å². The number of ketones is 4. The van der Waals surface area contributed by atoms with Crippen molar-refractivity contribution in [3.8, 4) is 0 Å². The van der Waals surface area contributed by atoms with Gasteiger partial charge in [0.1, 0.15) is 11.8 Å². The summed E-state index contributed by atoms with van der Waals surface area (Å²) in [6, 6.07) is 14.7. The fourth-order valence-corrected chi connectivity index (χ4v) is 5.36. The molecule has 4 aromatic rings. The van der Waals surface area contributed by atoms with Crippen molar-refractivity contribution in [1.82, 2.24) is 9.97 Å². The van der Waals surface area contributed by atoms with E-state index in [1.54, 1.807) is 0 Å². The van der Waals surface area contributed by atoms with E-state index in [-0.39, 0.29) is 0 Å². The van der Waals surface area contributed by atoms with Crippen molar-refractivity contribution in [1.29, 1.82) is 0 Å². The summed E-state index contributed by atoms with van der Waals surface area (Å²) in [4.78, 5) is 61.6. The van der Waals surface area contributed by atoms with Gasteiger partial charge in [0.05, 0.1) is 0 Å². The Bertz CT molecular complexity index is 1530. The van der Waals surface area contributed by atoms with Gasteiger partial charge in [-0.15, -0.1) is 0 Å². The summed E-state index contributed by atoms with van der Waals surface area (Å²) in [7, 11) is 0. The third-order valence-electron chi connectivity index (χ3n) is 7.20. The molecule has 1 aliphatic carbocycles. The molecule has 0 unspecified atom stereocenters. The van der Waals surface area contributed by atoms with Crippen LogP contribution >= 0.6 is 0 Å². The number of benzene rings is 2. The molecule has 0 saturated heterocycles. The second kappa shape index (κ2) is 9.86. The number of H-pyrrole nitrogens is 2. The Kier molecular flexibility index (Phi) is 6.57. The molecule has 0 spiro atoms. The van der Waals surface area contributed by atoms with E-state index in [0.717, 1.165) is 22.2 Å².